The summed E-state index contributed by atoms with van der Waals surface area (Å²) in [6.45, 7) is 4.78. The number of nitrogens with zero attached hydrogens (tertiary/aromatic N) is 3. The highest BCUT2D eigenvalue weighted by Crippen LogP contribution is 2.33. The number of hydrogen-bond donors (Lipinski definition) is 0. The predicted molar refractivity (Wildman–Crippen MR) is 104 cm³/mol. The first kappa shape index (κ1) is 17.6. The molecule has 0 aliphatic heterocycles. The van der Waals surface area contributed by atoms with E-state index in [0.29, 0.717) is 5.56 Å². The van der Waals surface area contributed by atoms with E-state index >= 15 is 0 Å². The van der Waals surface area contributed by atoms with Gasteiger partial charge in [-0.15, -0.1) is 0 Å². The molecule has 2 heterocycles. The Morgan fingerprint density at radius 1 is 1.19 bits per heavy atom. The molecule has 1 aliphatic rings. The SMILES string of the molecule is Cc1cc(C(=O)O[C@@H]2CCC[C@H]2n2cccn2)c(C)n1Cc1ccccc1. The number of aryl methyl sites for hydroxylation is 1. The summed E-state index contributed by atoms with van der Waals surface area (Å²) in [6, 6.07) is 14.3. The van der Waals surface area contributed by atoms with Crippen LogP contribution in [0, 0.1) is 13.8 Å². The molecule has 1 saturated carbocycles. The van der Waals surface area contributed by atoms with Gasteiger partial charge in [-0.1, -0.05) is 30.3 Å². The van der Waals surface area contributed by atoms with Crippen LogP contribution in [0.4, 0.5) is 0 Å². The van der Waals surface area contributed by atoms with Gasteiger partial charge in [0.2, 0.25) is 0 Å². The summed E-state index contributed by atoms with van der Waals surface area (Å²) < 4.78 is 10.0. The third kappa shape index (κ3) is 3.54. The largest absolute Gasteiger partial charge is 0.456 e. The van der Waals surface area contributed by atoms with Crippen LogP contribution in [-0.4, -0.2) is 26.4 Å². The van der Waals surface area contributed by atoms with Crippen LogP contribution in [0.5, 0.6) is 0 Å². The van der Waals surface area contributed by atoms with Gasteiger partial charge < -0.3 is 9.30 Å². The molecule has 5 nitrogen and oxygen atoms in total. The molecule has 1 fully saturated rings. The van der Waals surface area contributed by atoms with Gasteiger partial charge in [-0.2, -0.15) is 5.10 Å². The van der Waals surface area contributed by atoms with E-state index in [1.54, 1.807) is 6.20 Å². The van der Waals surface area contributed by atoms with Crippen LogP contribution in [0.25, 0.3) is 0 Å². The van der Waals surface area contributed by atoms with E-state index in [4.69, 9.17) is 4.74 Å². The minimum absolute atomic E-state index is 0.116. The Hall–Kier alpha value is -2.82. The number of aromatic nitrogens is 3. The van der Waals surface area contributed by atoms with E-state index in [1.807, 2.05) is 55.1 Å². The maximum absolute atomic E-state index is 12.9. The zero-order chi connectivity index (χ0) is 18.8. The number of benzene rings is 1. The molecule has 0 spiro atoms. The van der Waals surface area contributed by atoms with Crippen molar-refractivity contribution in [3.8, 4) is 0 Å². The zero-order valence-electron chi connectivity index (χ0n) is 15.8. The third-order valence-electron chi connectivity index (χ3n) is 5.52. The van der Waals surface area contributed by atoms with E-state index in [1.165, 1.54) is 5.56 Å². The highest BCUT2D eigenvalue weighted by molar-refractivity contribution is 5.91. The highest BCUT2D eigenvalue weighted by atomic mass is 16.5. The monoisotopic (exact) mass is 363 g/mol. The summed E-state index contributed by atoms with van der Waals surface area (Å²) in [7, 11) is 0. The van der Waals surface area contributed by atoms with Crippen LogP contribution in [-0.2, 0) is 11.3 Å². The fourth-order valence-corrected chi connectivity index (χ4v) is 4.04. The topological polar surface area (TPSA) is 49.1 Å². The summed E-state index contributed by atoms with van der Waals surface area (Å²) in [5.74, 6) is -0.230. The fraction of sp³-hybridized carbons (Fsp3) is 0.364. The number of hydrogen-bond acceptors (Lipinski definition) is 3. The summed E-state index contributed by atoms with van der Waals surface area (Å²) >= 11 is 0. The van der Waals surface area contributed by atoms with Gasteiger partial charge in [-0.3, -0.25) is 4.68 Å². The molecule has 1 aliphatic carbocycles. The van der Waals surface area contributed by atoms with Crippen molar-refractivity contribution in [3.63, 3.8) is 0 Å². The van der Waals surface area contributed by atoms with Gasteiger partial charge in [-0.25, -0.2) is 4.79 Å². The van der Waals surface area contributed by atoms with Gasteiger partial charge >= 0.3 is 5.97 Å². The van der Waals surface area contributed by atoms with Gasteiger partial charge in [0.25, 0.3) is 0 Å². The van der Waals surface area contributed by atoms with Crippen LogP contribution < -0.4 is 0 Å². The molecule has 0 N–H and O–H groups in total. The van der Waals surface area contributed by atoms with Gasteiger partial charge in [0, 0.05) is 30.3 Å². The Morgan fingerprint density at radius 2 is 2.00 bits per heavy atom. The Balaban J connectivity index is 1.51. The van der Waals surface area contributed by atoms with Gasteiger partial charge in [0.05, 0.1) is 11.6 Å². The molecule has 0 bridgehead atoms. The third-order valence-corrected chi connectivity index (χ3v) is 5.52. The summed E-state index contributed by atoms with van der Waals surface area (Å²) in [5, 5.41) is 4.33. The van der Waals surface area contributed by atoms with E-state index in [9.17, 15) is 4.79 Å². The van der Waals surface area contributed by atoms with Gasteiger partial charge in [0.15, 0.2) is 0 Å². The van der Waals surface area contributed by atoms with Crippen molar-refractivity contribution < 1.29 is 9.53 Å². The molecule has 0 amide bonds. The standard InChI is InChI=1S/C22H25N3O2/c1-16-14-19(17(2)24(16)15-18-8-4-3-5-9-18)22(26)27-21-11-6-10-20(21)25-13-7-12-23-25/h3-5,7-9,12-14,20-21H,6,10-11,15H2,1-2H3/t20-,21-/m1/s1. The lowest BCUT2D eigenvalue weighted by atomic mass is 10.2. The first-order valence-electron chi connectivity index (χ1n) is 9.54. The maximum atomic E-state index is 12.9. The Labute approximate surface area is 159 Å². The van der Waals surface area contributed by atoms with Crippen molar-refractivity contribution in [1.82, 2.24) is 14.3 Å². The molecular formula is C22H25N3O2. The van der Waals surface area contributed by atoms with E-state index in [-0.39, 0.29) is 18.1 Å². The molecule has 4 rings (SSSR count). The van der Waals surface area contributed by atoms with Crippen molar-refractivity contribution in [2.45, 2.75) is 51.8 Å². The molecule has 0 unspecified atom stereocenters. The molecular weight excluding hydrogens is 338 g/mol. The van der Waals surface area contributed by atoms with Gasteiger partial charge in [-0.05, 0) is 50.8 Å². The average Bonchev–Trinajstić information content (AvgIpc) is 3.40. The lowest BCUT2D eigenvalue weighted by Crippen LogP contribution is -2.25. The molecule has 2 aromatic heterocycles. The van der Waals surface area contributed by atoms with Crippen molar-refractivity contribution >= 4 is 5.97 Å². The fourth-order valence-electron chi connectivity index (χ4n) is 4.04. The van der Waals surface area contributed by atoms with E-state index < -0.39 is 0 Å². The molecule has 27 heavy (non-hydrogen) atoms. The lowest BCUT2D eigenvalue weighted by Gasteiger charge is -2.20. The zero-order valence-corrected chi connectivity index (χ0v) is 15.8. The van der Waals surface area contributed by atoms with Crippen molar-refractivity contribution in [2.75, 3.05) is 0 Å². The number of carbonyl (C=O) groups is 1. The van der Waals surface area contributed by atoms with E-state index in [2.05, 4.69) is 21.8 Å². The number of rotatable bonds is 5. The molecule has 140 valence electrons. The normalized spacial score (nSPS) is 19.3. The summed E-state index contributed by atoms with van der Waals surface area (Å²) in [6.07, 6.45) is 6.53. The number of esters is 1. The first-order chi connectivity index (χ1) is 13.1. The minimum Gasteiger partial charge on any atom is -0.456 e. The Morgan fingerprint density at radius 3 is 2.74 bits per heavy atom. The number of carbonyl (C=O) groups excluding carboxylic acids is 1. The number of ether oxygens (including phenoxy) is 1. The van der Waals surface area contributed by atoms with Crippen LogP contribution >= 0.6 is 0 Å². The second kappa shape index (κ2) is 7.43. The Bertz CT molecular complexity index is 913. The average molecular weight is 363 g/mol. The van der Waals surface area contributed by atoms with Crippen LogP contribution in [0.2, 0.25) is 0 Å². The second-order valence-corrected chi connectivity index (χ2v) is 7.28. The van der Waals surface area contributed by atoms with Crippen molar-refractivity contribution in [2.24, 2.45) is 0 Å². The van der Waals surface area contributed by atoms with E-state index in [0.717, 1.165) is 37.2 Å². The summed E-state index contributed by atoms with van der Waals surface area (Å²) in [5.41, 5.74) is 3.90. The first-order valence-corrected chi connectivity index (χ1v) is 9.54. The maximum Gasteiger partial charge on any atom is 0.340 e. The van der Waals surface area contributed by atoms with Crippen LogP contribution in [0.1, 0.15) is 52.6 Å². The quantitative estimate of drug-likeness (QED) is 0.635. The lowest BCUT2D eigenvalue weighted by molar-refractivity contribution is 0.0209. The molecule has 5 heteroatoms. The molecule has 1 aromatic carbocycles. The van der Waals surface area contributed by atoms with Crippen molar-refractivity contribution in [3.05, 3.63) is 77.4 Å². The molecule has 3 aromatic rings. The molecule has 0 radical (unpaired) electrons. The van der Waals surface area contributed by atoms with Crippen LogP contribution in [0.3, 0.4) is 0 Å². The second-order valence-electron chi connectivity index (χ2n) is 7.28. The van der Waals surface area contributed by atoms with Crippen molar-refractivity contribution in [1.29, 1.82) is 0 Å². The Kier molecular flexibility index (Phi) is 4.84. The summed E-state index contributed by atoms with van der Waals surface area (Å²) in [4.78, 5) is 12.9. The highest BCUT2D eigenvalue weighted by Gasteiger charge is 2.33. The van der Waals surface area contributed by atoms with Crippen LogP contribution in [0.15, 0.2) is 54.9 Å². The smallest absolute Gasteiger partial charge is 0.340 e. The molecule has 2 atom stereocenters. The molecule has 0 saturated heterocycles. The van der Waals surface area contributed by atoms with Gasteiger partial charge in [0.1, 0.15) is 6.10 Å². The predicted octanol–water partition coefficient (Wildman–Crippen LogP) is 4.30. The minimum atomic E-state index is -0.230.